The highest BCUT2D eigenvalue weighted by atomic mass is 19.1. The zero-order valence-electron chi connectivity index (χ0n) is 21.4. The van der Waals surface area contributed by atoms with Crippen LogP contribution < -0.4 is 16.4 Å². The minimum atomic E-state index is -0.790. The number of nitrogens with one attached hydrogen (secondary N) is 2. The number of halogens is 2. The van der Waals surface area contributed by atoms with E-state index < -0.39 is 11.8 Å². The van der Waals surface area contributed by atoms with Crippen LogP contribution in [0, 0.1) is 23.1 Å². The first kappa shape index (κ1) is 24.7. The average Bonchev–Trinajstić information content (AvgIpc) is 3.75. The molecule has 1 saturated heterocycles. The monoisotopic (exact) mass is 516 g/mol. The van der Waals surface area contributed by atoms with Gasteiger partial charge in [0.2, 0.25) is 5.95 Å². The van der Waals surface area contributed by atoms with Crippen molar-refractivity contribution in [2.45, 2.75) is 45.1 Å². The summed E-state index contributed by atoms with van der Waals surface area (Å²) in [5.74, 6) is -0.271. The molecule has 2 fully saturated rings. The quantitative estimate of drug-likeness (QED) is 0.306. The molecule has 38 heavy (non-hydrogen) atoms. The van der Waals surface area contributed by atoms with Gasteiger partial charge in [-0.2, -0.15) is 9.37 Å². The van der Waals surface area contributed by atoms with Crippen molar-refractivity contribution in [2.24, 2.45) is 17.1 Å². The number of nitrogens with zero attached hydrogens (tertiary/aromatic N) is 5. The lowest BCUT2D eigenvalue weighted by molar-refractivity contribution is 0.128. The van der Waals surface area contributed by atoms with Gasteiger partial charge in [0.05, 0.1) is 23.4 Å². The van der Waals surface area contributed by atoms with Gasteiger partial charge in [-0.3, -0.25) is 4.98 Å². The summed E-state index contributed by atoms with van der Waals surface area (Å²) in [5.41, 5.74) is 10.5. The van der Waals surface area contributed by atoms with E-state index in [9.17, 15) is 8.78 Å². The molecular weight excluding hydrogens is 486 g/mol. The van der Waals surface area contributed by atoms with Crippen LogP contribution in [0.4, 0.5) is 20.4 Å². The maximum absolute atomic E-state index is 14.2. The fraction of sp³-hybridized carbons (Fsp3) is 0.393. The highest BCUT2D eigenvalue weighted by Crippen LogP contribution is 2.46. The van der Waals surface area contributed by atoms with Crippen LogP contribution in [0.15, 0.2) is 42.9 Å². The largest absolute Gasteiger partial charge is 0.322 e. The van der Waals surface area contributed by atoms with Crippen LogP contribution in [0.25, 0.3) is 22.3 Å². The minimum Gasteiger partial charge on any atom is -0.322 e. The second kappa shape index (κ2) is 9.59. The fourth-order valence-electron chi connectivity index (χ4n) is 5.52. The van der Waals surface area contributed by atoms with E-state index in [1.54, 1.807) is 24.5 Å². The van der Waals surface area contributed by atoms with Crippen LogP contribution >= 0.6 is 0 Å². The number of nitrogens with two attached hydrogens (primary N) is 1. The lowest BCUT2D eigenvalue weighted by Crippen LogP contribution is -2.47. The number of rotatable bonds is 6. The Morgan fingerprint density at radius 3 is 2.71 bits per heavy atom. The molecule has 0 aromatic carbocycles. The molecule has 10 heteroatoms. The molecule has 2 unspecified atom stereocenters. The highest BCUT2D eigenvalue weighted by molar-refractivity contribution is 5.86. The molecule has 196 valence electrons. The molecule has 0 spiro atoms. The van der Waals surface area contributed by atoms with Crippen molar-refractivity contribution in [1.29, 1.82) is 0 Å². The summed E-state index contributed by atoms with van der Waals surface area (Å²) >= 11 is 0. The second-order valence-electron chi connectivity index (χ2n) is 10.9. The van der Waals surface area contributed by atoms with E-state index >= 15 is 0 Å². The van der Waals surface area contributed by atoms with Crippen molar-refractivity contribution in [3.05, 3.63) is 65.9 Å². The number of piperidine rings is 1. The average molecular weight is 517 g/mol. The van der Waals surface area contributed by atoms with E-state index in [1.165, 1.54) is 0 Å². The van der Waals surface area contributed by atoms with Gasteiger partial charge in [0.1, 0.15) is 5.82 Å². The molecule has 6 rings (SSSR count). The number of fused-ring (bicyclic) bond motifs is 1. The Morgan fingerprint density at radius 1 is 1.08 bits per heavy atom. The normalized spacial score (nSPS) is 19.9. The van der Waals surface area contributed by atoms with Gasteiger partial charge in [0, 0.05) is 29.9 Å². The van der Waals surface area contributed by atoms with Gasteiger partial charge in [0.25, 0.3) is 0 Å². The van der Waals surface area contributed by atoms with Crippen LogP contribution in [0.2, 0.25) is 0 Å². The summed E-state index contributed by atoms with van der Waals surface area (Å²) < 4.78 is 27.8. The van der Waals surface area contributed by atoms with E-state index in [2.05, 4.69) is 39.4 Å². The van der Waals surface area contributed by atoms with Crippen molar-refractivity contribution < 1.29 is 8.78 Å². The summed E-state index contributed by atoms with van der Waals surface area (Å²) in [7, 11) is 0. The van der Waals surface area contributed by atoms with Gasteiger partial charge in [-0.1, -0.05) is 13.8 Å². The van der Waals surface area contributed by atoms with Crippen LogP contribution in [0.3, 0.4) is 0 Å². The lowest BCUT2D eigenvalue weighted by atomic mass is 9.70. The molecule has 2 atom stereocenters. The van der Waals surface area contributed by atoms with Crippen molar-refractivity contribution in [2.75, 3.05) is 18.4 Å². The predicted octanol–water partition coefficient (Wildman–Crippen LogP) is 5.02. The molecule has 0 amide bonds. The van der Waals surface area contributed by atoms with Crippen molar-refractivity contribution in [3.8, 4) is 11.4 Å². The Labute approximate surface area is 219 Å². The second-order valence-corrected chi connectivity index (χ2v) is 10.9. The molecule has 2 aliphatic rings. The first-order valence-electron chi connectivity index (χ1n) is 13.0. The highest BCUT2D eigenvalue weighted by Gasteiger charge is 2.39. The molecule has 0 radical (unpaired) electrons. The SMILES string of the molecule is CC1(C)CNCCC1C(N)c1nc(-c2ccnc(Nc3nc(F)ccc3F)c2)nc2cncc(C3CC3)c12. The summed E-state index contributed by atoms with van der Waals surface area (Å²) in [5, 5.41) is 7.25. The Kier molecular flexibility index (Phi) is 6.23. The summed E-state index contributed by atoms with van der Waals surface area (Å²) in [6.07, 6.45) is 8.47. The third kappa shape index (κ3) is 4.69. The molecule has 8 nitrogen and oxygen atoms in total. The number of anilines is 2. The summed E-state index contributed by atoms with van der Waals surface area (Å²) in [6, 6.07) is 5.16. The first-order chi connectivity index (χ1) is 18.3. The van der Waals surface area contributed by atoms with E-state index in [4.69, 9.17) is 15.7 Å². The van der Waals surface area contributed by atoms with Crippen molar-refractivity contribution in [3.63, 3.8) is 0 Å². The predicted molar refractivity (Wildman–Crippen MR) is 142 cm³/mol. The maximum Gasteiger partial charge on any atom is 0.214 e. The molecular formula is C28H30F2N8. The molecule has 4 aromatic rings. The first-order valence-corrected chi connectivity index (χ1v) is 13.0. The Morgan fingerprint density at radius 2 is 1.92 bits per heavy atom. The van der Waals surface area contributed by atoms with E-state index in [-0.39, 0.29) is 23.2 Å². The maximum atomic E-state index is 14.2. The van der Waals surface area contributed by atoms with Crippen LogP contribution in [-0.4, -0.2) is 38.0 Å². The van der Waals surface area contributed by atoms with Gasteiger partial charge < -0.3 is 16.4 Å². The summed E-state index contributed by atoms with van der Waals surface area (Å²) in [6.45, 7) is 6.30. The number of pyridine rings is 3. The fourth-order valence-corrected chi connectivity index (χ4v) is 5.52. The van der Waals surface area contributed by atoms with Crippen LogP contribution in [0.5, 0.6) is 0 Å². The molecule has 1 aliphatic heterocycles. The van der Waals surface area contributed by atoms with Gasteiger partial charge in [-0.15, -0.1) is 0 Å². The number of aromatic nitrogens is 5. The minimum absolute atomic E-state index is 0.00232. The van der Waals surface area contributed by atoms with Crippen LogP contribution in [0.1, 0.15) is 56.3 Å². The van der Waals surface area contributed by atoms with Crippen LogP contribution in [-0.2, 0) is 0 Å². The number of hydrogen-bond donors (Lipinski definition) is 3. The molecule has 1 aliphatic carbocycles. The van der Waals surface area contributed by atoms with E-state index in [0.29, 0.717) is 23.1 Å². The zero-order chi connectivity index (χ0) is 26.4. The Balaban J connectivity index is 1.45. The van der Waals surface area contributed by atoms with Crippen molar-refractivity contribution >= 4 is 22.5 Å². The molecule has 1 saturated carbocycles. The zero-order valence-corrected chi connectivity index (χ0v) is 21.4. The van der Waals surface area contributed by atoms with E-state index in [1.807, 2.05) is 6.20 Å². The lowest BCUT2D eigenvalue weighted by Gasteiger charge is -2.42. The Bertz CT molecular complexity index is 1500. The van der Waals surface area contributed by atoms with Gasteiger partial charge in [0.15, 0.2) is 17.5 Å². The summed E-state index contributed by atoms with van der Waals surface area (Å²) in [4.78, 5) is 22.3. The number of hydrogen-bond acceptors (Lipinski definition) is 8. The Hall–Kier alpha value is -3.63. The van der Waals surface area contributed by atoms with Gasteiger partial charge >= 0.3 is 0 Å². The molecule has 5 heterocycles. The van der Waals surface area contributed by atoms with Gasteiger partial charge in [-0.25, -0.2) is 19.3 Å². The van der Waals surface area contributed by atoms with Gasteiger partial charge in [-0.05, 0) is 72.9 Å². The standard InChI is InChI=1S/C28H30F2N8/c1-28(2)14-32-9-8-18(28)24(31)25-23-17(15-3-4-15)12-33-13-20(23)35-26(38-25)16-7-10-34-22(11-16)37-27-19(29)5-6-21(30)36-27/h5-7,10-13,15,18,24,32H,3-4,8-9,14,31H2,1-2H3,(H,34,36,37). The third-order valence-corrected chi connectivity index (χ3v) is 7.72. The van der Waals surface area contributed by atoms with E-state index in [0.717, 1.165) is 66.6 Å². The van der Waals surface area contributed by atoms with Crippen molar-refractivity contribution in [1.82, 2.24) is 30.2 Å². The molecule has 4 aromatic heterocycles. The molecule has 0 bridgehead atoms. The smallest absolute Gasteiger partial charge is 0.214 e. The third-order valence-electron chi connectivity index (χ3n) is 7.72. The molecule has 4 N–H and O–H groups in total. The topological polar surface area (TPSA) is 115 Å².